The fourth-order valence-electron chi connectivity index (χ4n) is 8.03. The average molecular weight is 638 g/mol. The van der Waals surface area contributed by atoms with Gasteiger partial charge in [-0.25, -0.2) is 15.0 Å². The summed E-state index contributed by atoms with van der Waals surface area (Å²) in [5.41, 5.74) is 12.1. The predicted octanol–water partition coefficient (Wildman–Crippen LogP) is 9.71. The largest absolute Gasteiger partial charge is 0.463 e. The number of hydrogen-bond donors (Lipinski definition) is 0. The Kier molecular flexibility index (Phi) is 5.82. The van der Waals surface area contributed by atoms with Gasteiger partial charge in [0.15, 0.2) is 17.5 Å². The molecule has 1 unspecified atom stereocenters. The summed E-state index contributed by atoms with van der Waals surface area (Å²) in [6.45, 7) is 0. The van der Waals surface area contributed by atoms with Crippen LogP contribution in [0.5, 0.6) is 0 Å². The molecule has 0 saturated heterocycles. The number of fused-ring (bicyclic) bond motifs is 12. The second kappa shape index (κ2) is 10.4. The monoisotopic (exact) mass is 637 g/mol. The standard InChI is InChI=1S/C44H23N5O/c45-23-26-15-17-32-37(21-26)44(36-19-20-38-39(40(32)36)30(24-46)25-50-38)34-14-8-7-13-31(34)33-22-29(16-18-35(33)44)43-48-41(27-9-3-1-4-10-27)47-42(49-43)28-11-5-2-6-12-28/h1-22,25H. The molecule has 2 heterocycles. The molecule has 2 aromatic heterocycles. The summed E-state index contributed by atoms with van der Waals surface area (Å²) in [5.74, 6) is 1.79. The Morgan fingerprint density at radius 2 is 1.14 bits per heavy atom. The van der Waals surface area contributed by atoms with Crippen LogP contribution < -0.4 is 0 Å². The van der Waals surface area contributed by atoms with Gasteiger partial charge in [0, 0.05) is 22.1 Å². The molecule has 0 N–H and O–H groups in total. The SMILES string of the molecule is N#Cc1ccc2c(c1)C1(c3ccccc3-c3cc(-c4nc(-c5ccccc5)nc(-c5ccccc5)n4)ccc31)c1ccc3occ(C#N)c3c1-2. The van der Waals surface area contributed by atoms with Gasteiger partial charge in [-0.1, -0.05) is 109 Å². The number of nitriles is 2. The van der Waals surface area contributed by atoms with E-state index in [4.69, 9.17) is 19.4 Å². The molecule has 2 aliphatic rings. The number of furan rings is 1. The van der Waals surface area contributed by atoms with E-state index in [1.807, 2.05) is 84.9 Å². The molecular weight excluding hydrogens is 615 g/mol. The maximum Gasteiger partial charge on any atom is 0.164 e. The molecule has 6 aromatic carbocycles. The first-order valence-electron chi connectivity index (χ1n) is 16.3. The van der Waals surface area contributed by atoms with Gasteiger partial charge in [-0.3, -0.25) is 0 Å². The molecule has 0 bridgehead atoms. The first-order chi connectivity index (χ1) is 24.7. The van der Waals surface area contributed by atoms with Gasteiger partial charge in [-0.2, -0.15) is 10.5 Å². The van der Waals surface area contributed by atoms with E-state index in [0.29, 0.717) is 34.2 Å². The summed E-state index contributed by atoms with van der Waals surface area (Å²) in [6, 6.07) is 49.6. The lowest BCUT2D eigenvalue weighted by Crippen LogP contribution is -2.26. The third kappa shape index (κ3) is 3.73. The predicted molar refractivity (Wildman–Crippen MR) is 192 cm³/mol. The quantitative estimate of drug-likeness (QED) is 0.191. The number of hydrogen-bond acceptors (Lipinski definition) is 6. The van der Waals surface area contributed by atoms with E-state index in [1.165, 1.54) is 6.26 Å². The maximum absolute atomic E-state index is 10.1. The summed E-state index contributed by atoms with van der Waals surface area (Å²) in [5, 5.41) is 21.0. The van der Waals surface area contributed by atoms with Gasteiger partial charge in [0.25, 0.3) is 0 Å². The van der Waals surface area contributed by atoms with Crippen LogP contribution in [0.1, 0.15) is 33.4 Å². The number of aromatic nitrogens is 3. The van der Waals surface area contributed by atoms with Crippen molar-refractivity contribution in [3.05, 3.63) is 173 Å². The molecule has 6 heteroatoms. The van der Waals surface area contributed by atoms with Gasteiger partial charge < -0.3 is 4.42 Å². The number of nitrogens with zero attached hydrogens (tertiary/aromatic N) is 5. The van der Waals surface area contributed by atoms with Crippen LogP contribution in [0.25, 0.3) is 67.4 Å². The van der Waals surface area contributed by atoms with Gasteiger partial charge in [0.2, 0.25) is 0 Å². The Labute approximate surface area is 287 Å². The summed E-state index contributed by atoms with van der Waals surface area (Å²) in [7, 11) is 0. The van der Waals surface area contributed by atoms with Crippen molar-refractivity contribution in [3.63, 3.8) is 0 Å². The van der Waals surface area contributed by atoms with E-state index in [1.54, 1.807) is 0 Å². The van der Waals surface area contributed by atoms with E-state index < -0.39 is 5.41 Å². The lowest BCUT2D eigenvalue weighted by Gasteiger charge is -2.30. The van der Waals surface area contributed by atoms with Crippen molar-refractivity contribution in [3.8, 4) is 68.6 Å². The van der Waals surface area contributed by atoms with Crippen molar-refractivity contribution in [1.29, 1.82) is 10.5 Å². The van der Waals surface area contributed by atoms with Crippen molar-refractivity contribution >= 4 is 11.0 Å². The summed E-state index contributed by atoms with van der Waals surface area (Å²) in [4.78, 5) is 14.9. The molecule has 0 radical (unpaired) electrons. The highest BCUT2D eigenvalue weighted by atomic mass is 16.3. The minimum atomic E-state index is -0.719. The first-order valence-corrected chi connectivity index (χ1v) is 16.3. The smallest absolute Gasteiger partial charge is 0.164 e. The van der Waals surface area contributed by atoms with E-state index in [2.05, 4.69) is 60.7 Å². The molecule has 8 aromatic rings. The highest BCUT2D eigenvalue weighted by Crippen LogP contribution is 2.64. The van der Waals surface area contributed by atoms with Crippen molar-refractivity contribution in [1.82, 2.24) is 15.0 Å². The fraction of sp³-hybridized carbons (Fsp3) is 0.0227. The average Bonchev–Trinajstić information content (AvgIpc) is 3.84. The molecule has 50 heavy (non-hydrogen) atoms. The molecule has 10 rings (SSSR count). The Balaban J connectivity index is 1.26. The Bertz CT molecular complexity index is 2730. The van der Waals surface area contributed by atoms with Crippen LogP contribution in [0.2, 0.25) is 0 Å². The van der Waals surface area contributed by atoms with E-state index in [0.717, 1.165) is 66.6 Å². The zero-order valence-electron chi connectivity index (χ0n) is 26.4. The van der Waals surface area contributed by atoms with Gasteiger partial charge >= 0.3 is 0 Å². The van der Waals surface area contributed by atoms with Gasteiger partial charge in [0.05, 0.1) is 22.6 Å². The summed E-state index contributed by atoms with van der Waals surface area (Å²) in [6.07, 6.45) is 1.53. The third-order valence-electron chi connectivity index (χ3n) is 10.1. The molecule has 1 spiro atoms. The summed E-state index contributed by atoms with van der Waals surface area (Å²) < 4.78 is 5.87. The van der Waals surface area contributed by atoms with Crippen molar-refractivity contribution in [2.75, 3.05) is 0 Å². The van der Waals surface area contributed by atoms with Gasteiger partial charge in [-0.15, -0.1) is 0 Å². The van der Waals surface area contributed by atoms with Crippen LogP contribution in [0.15, 0.2) is 144 Å². The molecule has 0 saturated carbocycles. The lowest BCUT2D eigenvalue weighted by molar-refractivity contribution is 0.614. The molecule has 6 nitrogen and oxygen atoms in total. The zero-order chi connectivity index (χ0) is 33.4. The number of benzene rings is 6. The molecule has 230 valence electrons. The van der Waals surface area contributed by atoms with Crippen LogP contribution in [0, 0.1) is 22.7 Å². The topological polar surface area (TPSA) is 99.4 Å². The van der Waals surface area contributed by atoms with E-state index in [9.17, 15) is 10.5 Å². The second-order valence-corrected chi connectivity index (χ2v) is 12.6. The van der Waals surface area contributed by atoms with Gasteiger partial charge in [-0.05, 0) is 68.8 Å². The molecule has 0 aliphatic heterocycles. The molecule has 1 atom stereocenters. The van der Waals surface area contributed by atoms with Crippen molar-refractivity contribution in [2.24, 2.45) is 0 Å². The van der Waals surface area contributed by atoms with E-state index in [-0.39, 0.29) is 0 Å². The minimum absolute atomic E-state index is 0.490. The minimum Gasteiger partial charge on any atom is -0.463 e. The first kappa shape index (κ1) is 27.9. The Hall–Kier alpha value is -7.15. The van der Waals surface area contributed by atoms with Crippen molar-refractivity contribution in [2.45, 2.75) is 5.41 Å². The Morgan fingerprint density at radius 3 is 1.84 bits per heavy atom. The van der Waals surface area contributed by atoms with Crippen LogP contribution in [0.4, 0.5) is 0 Å². The van der Waals surface area contributed by atoms with Crippen LogP contribution in [-0.4, -0.2) is 15.0 Å². The fourth-order valence-corrected chi connectivity index (χ4v) is 8.03. The molecule has 2 aliphatic carbocycles. The van der Waals surface area contributed by atoms with E-state index >= 15 is 0 Å². The highest BCUT2D eigenvalue weighted by molar-refractivity contribution is 6.07. The molecule has 0 fully saturated rings. The second-order valence-electron chi connectivity index (χ2n) is 12.6. The summed E-state index contributed by atoms with van der Waals surface area (Å²) >= 11 is 0. The molecule has 0 amide bonds. The maximum atomic E-state index is 10.1. The molecular formula is C44H23N5O. The van der Waals surface area contributed by atoms with Crippen LogP contribution in [-0.2, 0) is 5.41 Å². The third-order valence-corrected chi connectivity index (χ3v) is 10.1. The normalized spacial score (nSPS) is 14.8. The van der Waals surface area contributed by atoms with Gasteiger partial charge in [0.1, 0.15) is 17.9 Å². The van der Waals surface area contributed by atoms with Crippen LogP contribution in [0.3, 0.4) is 0 Å². The highest BCUT2D eigenvalue weighted by Gasteiger charge is 2.52. The van der Waals surface area contributed by atoms with Crippen molar-refractivity contribution < 1.29 is 4.42 Å². The lowest BCUT2D eigenvalue weighted by atomic mass is 9.70. The number of rotatable bonds is 3. The zero-order valence-corrected chi connectivity index (χ0v) is 26.4. The Morgan fingerprint density at radius 1 is 0.500 bits per heavy atom. The van der Waals surface area contributed by atoms with Crippen LogP contribution >= 0.6 is 0 Å².